The monoisotopic (exact) mass is 271 g/mol. The Morgan fingerprint density at radius 3 is 2.38 bits per heavy atom. The van der Waals surface area contributed by atoms with Crippen LogP contribution in [-0.2, 0) is 20.0 Å². The number of hydrogen-bond donors (Lipinski definition) is 1. The third kappa shape index (κ3) is 8.68. The van der Waals surface area contributed by atoms with Gasteiger partial charge in [-0.15, -0.1) is 0 Å². The number of carbonyl (C=O) groups excluding carboxylic acids is 1. The molecule has 0 rings (SSSR count). The molecule has 0 aliphatic carbocycles. The van der Waals surface area contributed by atoms with Crippen LogP contribution in [0.1, 0.15) is 33.6 Å². The van der Waals surface area contributed by atoms with E-state index in [9.17, 15) is 4.79 Å². The van der Waals surface area contributed by atoms with Gasteiger partial charge in [-0.05, 0) is 18.9 Å². The summed E-state index contributed by atoms with van der Waals surface area (Å²) in [7, 11) is 0. The Labute approximate surface area is 107 Å². The van der Waals surface area contributed by atoms with Crippen molar-refractivity contribution >= 4 is 11.6 Å². The topological polar surface area (TPSA) is 38.3 Å². The van der Waals surface area contributed by atoms with Gasteiger partial charge in [-0.2, -0.15) is 0 Å². The first-order valence-corrected chi connectivity index (χ1v) is 6.06. The second kappa shape index (κ2) is 12.5. The van der Waals surface area contributed by atoms with Crippen molar-refractivity contribution in [1.29, 1.82) is 0 Å². The number of ether oxygens (including phenoxy) is 1. The number of carbonyl (C=O) groups is 1. The molecule has 2 atom stereocenters. The number of hydrogen-bond acceptors (Lipinski definition) is 2. The average Bonchev–Trinajstić information content (AvgIpc) is 2.34. The molecule has 0 radical (unpaired) electrons. The van der Waals surface area contributed by atoms with E-state index in [1.54, 1.807) is 0 Å². The molecule has 3 nitrogen and oxygen atoms in total. The van der Waals surface area contributed by atoms with Crippen LogP contribution < -0.4 is 5.32 Å². The molecule has 1 amide bonds. The van der Waals surface area contributed by atoms with Crippen LogP contribution in [0.15, 0.2) is 6.58 Å². The van der Waals surface area contributed by atoms with Crippen LogP contribution in [0.4, 0.5) is 4.79 Å². The van der Waals surface area contributed by atoms with Gasteiger partial charge in [0.1, 0.15) is 0 Å². The molecule has 4 heteroatoms. The Kier molecular flexibility index (Phi) is 13.8. The standard InChI is InChI=1S/C11H20NO2.CH2.Co/c1-5-8-14-11(13)12-10(7-3)9(4)6-2;;/h9-10H,1,6-8H2,2-4H3,(H,12,13);1H2;/q-1;;/t9-,10+;;/m1../s1. The first-order valence-electron chi connectivity index (χ1n) is 5.32. The summed E-state index contributed by atoms with van der Waals surface area (Å²) in [4.78, 5) is 11.2. The SMILES string of the molecule is C=[C-]COC(=O)N[C@@H](CC)[C@H](C)CC.[CH2]=[Co]. The number of rotatable bonds is 6. The van der Waals surface area contributed by atoms with Gasteiger partial charge < -0.3 is 16.1 Å². The van der Waals surface area contributed by atoms with Crippen LogP contribution in [0.25, 0.3) is 0 Å². The van der Waals surface area contributed by atoms with E-state index < -0.39 is 0 Å². The van der Waals surface area contributed by atoms with Gasteiger partial charge in [-0.3, -0.25) is 6.58 Å². The van der Waals surface area contributed by atoms with Crippen molar-refractivity contribution in [3.63, 3.8) is 0 Å². The molecule has 0 aliphatic heterocycles. The Morgan fingerprint density at radius 1 is 1.44 bits per heavy atom. The Hall–Kier alpha value is -0.614. The average molecular weight is 271 g/mol. The minimum atomic E-state index is -0.381. The van der Waals surface area contributed by atoms with Crippen molar-refractivity contribution in [3.05, 3.63) is 12.7 Å². The predicted octanol–water partition coefficient (Wildman–Crippen LogP) is 2.49. The van der Waals surface area contributed by atoms with Crippen LogP contribution in [0.3, 0.4) is 0 Å². The maximum absolute atomic E-state index is 11.2. The van der Waals surface area contributed by atoms with Crippen molar-refractivity contribution in [2.75, 3.05) is 6.61 Å². The molecule has 0 fully saturated rings. The molecule has 0 bridgehead atoms. The zero-order valence-corrected chi connectivity index (χ0v) is 11.4. The Balaban J connectivity index is 0. The van der Waals surface area contributed by atoms with Gasteiger partial charge in [0.25, 0.3) is 0 Å². The third-order valence-corrected chi connectivity index (χ3v) is 2.38. The molecule has 16 heavy (non-hydrogen) atoms. The molecule has 0 aliphatic rings. The molecular weight excluding hydrogens is 249 g/mol. The number of amides is 1. The second-order valence-electron chi connectivity index (χ2n) is 3.37. The molecule has 0 aromatic carbocycles. The van der Waals surface area contributed by atoms with Gasteiger partial charge in [0.2, 0.25) is 0 Å². The quantitative estimate of drug-likeness (QED) is 0.754. The third-order valence-electron chi connectivity index (χ3n) is 2.38. The van der Waals surface area contributed by atoms with Gasteiger partial charge >= 0.3 is 26.9 Å². The van der Waals surface area contributed by atoms with Crippen LogP contribution in [0.2, 0.25) is 0 Å². The molecule has 1 N–H and O–H groups in total. The fourth-order valence-corrected chi connectivity index (χ4v) is 1.24. The van der Waals surface area contributed by atoms with E-state index in [0.29, 0.717) is 5.92 Å². The normalized spacial score (nSPS) is 12.8. The molecule has 0 unspecified atom stereocenters. The van der Waals surface area contributed by atoms with Gasteiger partial charge in [0.05, 0.1) is 0 Å². The van der Waals surface area contributed by atoms with E-state index in [2.05, 4.69) is 59.5 Å². The number of nitrogens with one attached hydrogen (secondary N) is 1. The van der Waals surface area contributed by atoms with Gasteiger partial charge in [-0.25, -0.2) is 4.79 Å². The fraction of sp³-hybridized carbons (Fsp3) is 0.667. The van der Waals surface area contributed by atoms with E-state index in [1.807, 2.05) is 0 Å². The summed E-state index contributed by atoms with van der Waals surface area (Å²) in [6.45, 7) is 9.78. The van der Waals surface area contributed by atoms with Crippen LogP contribution >= 0.6 is 0 Å². The van der Waals surface area contributed by atoms with Crippen molar-refractivity contribution in [2.24, 2.45) is 5.92 Å². The summed E-state index contributed by atoms with van der Waals surface area (Å²) >= 11 is 3.31. The summed E-state index contributed by atoms with van der Waals surface area (Å²) in [5, 5.41) is 2.82. The van der Waals surface area contributed by atoms with Gasteiger partial charge in [0, 0.05) is 6.04 Å². The molecule has 0 aromatic rings. The zero-order chi connectivity index (χ0) is 13.0. The first-order chi connectivity index (χ1) is 7.65. The summed E-state index contributed by atoms with van der Waals surface area (Å²) < 4.78 is 4.79. The van der Waals surface area contributed by atoms with Crippen LogP contribution in [0, 0.1) is 12.0 Å². The molecule has 0 saturated carbocycles. The van der Waals surface area contributed by atoms with E-state index >= 15 is 0 Å². The minimum absolute atomic E-state index is 0.142. The first kappa shape index (κ1) is 17.8. The Morgan fingerprint density at radius 2 is 2.00 bits per heavy atom. The van der Waals surface area contributed by atoms with E-state index in [0.717, 1.165) is 12.8 Å². The summed E-state index contributed by atoms with van der Waals surface area (Å²) in [5.74, 6) is 0.472. The second-order valence-corrected chi connectivity index (χ2v) is 3.37. The van der Waals surface area contributed by atoms with Crippen LogP contribution in [-0.4, -0.2) is 24.2 Å². The maximum atomic E-state index is 11.2. The predicted molar refractivity (Wildman–Crippen MR) is 64.0 cm³/mol. The molecule has 0 aromatic heterocycles. The summed E-state index contributed by atoms with van der Waals surface area (Å²) in [5.41, 5.74) is 2.94. The Bertz CT molecular complexity index is 197. The van der Waals surface area contributed by atoms with Crippen molar-refractivity contribution < 1.29 is 24.8 Å². The zero-order valence-electron chi connectivity index (χ0n) is 10.3. The fourth-order valence-electron chi connectivity index (χ4n) is 1.24. The van der Waals surface area contributed by atoms with E-state index in [1.165, 1.54) is 0 Å². The molecule has 97 valence electrons. The molecule has 0 heterocycles. The number of alkyl carbamates (subject to hydrolysis) is 1. The van der Waals surface area contributed by atoms with Crippen molar-refractivity contribution in [2.45, 2.75) is 39.7 Å². The molecule has 0 saturated heterocycles. The van der Waals surface area contributed by atoms with E-state index in [-0.39, 0.29) is 18.7 Å². The van der Waals surface area contributed by atoms with Crippen molar-refractivity contribution in [3.8, 4) is 0 Å². The van der Waals surface area contributed by atoms with Crippen LogP contribution in [0.5, 0.6) is 0 Å². The summed E-state index contributed by atoms with van der Waals surface area (Å²) in [6.07, 6.45) is 4.09. The molecule has 0 spiro atoms. The summed E-state index contributed by atoms with van der Waals surface area (Å²) in [6, 6.07) is 0.192. The van der Waals surface area contributed by atoms with E-state index in [4.69, 9.17) is 4.74 Å². The van der Waals surface area contributed by atoms with Gasteiger partial charge in [-0.1, -0.05) is 27.2 Å². The molecular formula is C12H22CoNO2-. The van der Waals surface area contributed by atoms with Gasteiger partial charge in [0.15, 0.2) is 0 Å². The van der Waals surface area contributed by atoms with Crippen molar-refractivity contribution in [1.82, 2.24) is 5.32 Å².